The van der Waals surface area contributed by atoms with Crippen LogP contribution in [0.25, 0.3) is 0 Å². The predicted octanol–water partition coefficient (Wildman–Crippen LogP) is 2.63. The van der Waals surface area contributed by atoms with Crippen LogP contribution in [0.1, 0.15) is 32.3 Å². The third kappa shape index (κ3) is 1.49. The Labute approximate surface area is 86.0 Å². The fourth-order valence-corrected chi connectivity index (χ4v) is 2.32. The van der Waals surface area contributed by atoms with Crippen LogP contribution in [0.15, 0.2) is 18.3 Å². The Hall–Kier alpha value is -1.05. The van der Waals surface area contributed by atoms with Crippen molar-refractivity contribution in [2.24, 2.45) is 0 Å². The normalized spacial score (nSPS) is 14.9. The molecule has 76 valence electrons. The Morgan fingerprint density at radius 2 is 2.21 bits per heavy atom. The van der Waals surface area contributed by atoms with Crippen molar-refractivity contribution in [2.75, 3.05) is 11.4 Å². The van der Waals surface area contributed by atoms with Crippen LogP contribution in [0.2, 0.25) is 0 Å². The molecule has 2 nitrogen and oxygen atoms in total. The molecular formula is C12H18N2. The number of aromatic nitrogens is 1. The zero-order valence-electron chi connectivity index (χ0n) is 9.03. The Morgan fingerprint density at radius 3 is 2.93 bits per heavy atom. The van der Waals surface area contributed by atoms with Crippen molar-refractivity contribution in [1.82, 2.24) is 4.98 Å². The minimum atomic E-state index is 0.672. The minimum Gasteiger partial charge on any atom is -0.353 e. The summed E-state index contributed by atoms with van der Waals surface area (Å²) in [5.41, 5.74) is 1.42. The molecule has 1 aliphatic heterocycles. The number of nitrogens with zero attached hydrogens (tertiary/aromatic N) is 2. The van der Waals surface area contributed by atoms with E-state index in [4.69, 9.17) is 0 Å². The van der Waals surface area contributed by atoms with Crippen molar-refractivity contribution < 1.29 is 0 Å². The maximum absolute atomic E-state index is 4.48. The standard InChI is InChI=1S/C12H18N2/c1-3-11(4-2)14-9-7-10-6-5-8-13-12(10)14/h5-6,8,11H,3-4,7,9H2,1-2H3. The third-order valence-corrected chi connectivity index (χ3v) is 3.14. The number of anilines is 1. The van der Waals surface area contributed by atoms with E-state index < -0.39 is 0 Å². The van der Waals surface area contributed by atoms with E-state index in [2.05, 4.69) is 29.8 Å². The second-order valence-corrected chi connectivity index (χ2v) is 3.90. The van der Waals surface area contributed by atoms with Crippen LogP contribution in [0, 0.1) is 0 Å². The van der Waals surface area contributed by atoms with E-state index in [-0.39, 0.29) is 0 Å². The van der Waals surface area contributed by atoms with Gasteiger partial charge in [0.25, 0.3) is 0 Å². The summed E-state index contributed by atoms with van der Waals surface area (Å²) in [7, 11) is 0. The van der Waals surface area contributed by atoms with Gasteiger partial charge in [-0.15, -0.1) is 0 Å². The first kappa shape index (κ1) is 9.50. The molecule has 2 heteroatoms. The number of hydrogen-bond donors (Lipinski definition) is 0. The summed E-state index contributed by atoms with van der Waals surface area (Å²) in [4.78, 5) is 6.95. The molecule has 0 spiro atoms. The molecule has 0 fully saturated rings. The van der Waals surface area contributed by atoms with Crippen molar-refractivity contribution in [3.05, 3.63) is 23.9 Å². The summed E-state index contributed by atoms with van der Waals surface area (Å²) in [5, 5.41) is 0. The van der Waals surface area contributed by atoms with Gasteiger partial charge in [0.15, 0.2) is 0 Å². The van der Waals surface area contributed by atoms with E-state index >= 15 is 0 Å². The first-order valence-corrected chi connectivity index (χ1v) is 5.57. The average molecular weight is 190 g/mol. The Morgan fingerprint density at radius 1 is 1.43 bits per heavy atom. The molecule has 0 radical (unpaired) electrons. The van der Waals surface area contributed by atoms with Crippen molar-refractivity contribution in [1.29, 1.82) is 0 Å². The van der Waals surface area contributed by atoms with Gasteiger partial charge in [-0.2, -0.15) is 0 Å². The molecular weight excluding hydrogens is 172 g/mol. The minimum absolute atomic E-state index is 0.672. The number of fused-ring (bicyclic) bond motifs is 1. The SMILES string of the molecule is CCC(CC)N1CCc2cccnc21. The van der Waals surface area contributed by atoms with Gasteiger partial charge in [-0.05, 0) is 30.9 Å². The summed E-state index contributed by atoms with van der Waals surface area (Å²) in [5.74, 6) is 1.22. The molecule has 0 saturated heterocycles. The molecule has 0 amide bonds. The number of hydrogen-bond acceptors (Lipinski definition) is 2. The molecule has 0 atom stereocenters. The molecule has 0 saturated carbocycles. The lowest BCUT2D eigenvalue weighted by Gasteiger charge is -2.27. The summed E-state index contributed by atoms with van der Waals surface area (Å²) < 4.78 is 0. The molecule has 2 heterocycles. The Balaban J connectivity index is 2.25. The number of pyridine rings is 1. The fourth-order valence-electron chi connectivity index (χ4n) is 2.32. The lowest BCUT2D eigenvalue weighted by Crippen LogP contribution is -2.33. The van der Waals surface area contributed by atoms with E-state index in [0.29, 0.717) is 6.04 Å². The van der Waals surface area contributed by atoms with Crippen LogP contribution >= 0.6 is 0 Å². The second kappa shape index (κ2) is 3.99. The Kier molecular flexibility index (Phi) is 2.71. The maximum atomic E-state index is 4.48. The van der Waals surface area contributed by atoms with Crippen LogP contribution < -0.4 is 4.90 Å². The average Bonchev–Trinajstić information content (AvgIpc) is 2.65. The van der Waals surface area contributed by atoms with Gasteiger partial charge in [-0.3, -0.25) is 0 Å². The fraction of sp³-hybridized carbons (Fsp3) is 0.583. The third-order valence-electron chi connectivity index (χ3n) is 3.14. The van der Waals surface area contributed by atoms with E-state index in [9.17, 15) is 0 Å². The second-order valence-electron chi connectivity index (χ2n) is 3.90. The molecule has 2 rings (SSSR count). The van der Waals surface area contributed by atoms with E-state index in [0.717, 1.165) is 6.54 Å². The molecule has 0 unspecified atom stereocenters. The lowest BCUT2D eigenvalue weighted by atomic mass is 10.1. The topological polar surface area (TPSA) is 16.1 Å². The van der Waals surface area contributed by atoms with Gasteiger partial charge in [0.2, 0.25) is 0 Å². The Bertz CT molecular complexity index is 305. The molecule has 0 bridgehead atoms. The van der Waals surface area contributed by atoms with E-state index in [1.54, 1.807) is 0 Å². The highest BCUT2D eigenvalue weighted by Gasteiger charge is 2.24. The highest BCUT2D eigenvalue weighted by atomic mass is 15.2. The molecule has 14 heavy (non-hydrogen) atoms. The summed E-state index contributed by atoms with van der Waals surface area (Å²) in [6.45, 7) is 5.67. The molecule has 0 aliphatic carbocycles. The van der Waals surface area contributed by atoms with Gasteiger partial charge in [-0.1, -0.05) is 19.9 Å². The van der Waals surface area contributed by atoms with Crippen molar-refractivity contribution in [3.8, 4) is 0 Å². The highest BCUT2D eigenvalue weighted by molar-refractivity contribution is 5.52. The molecule has 1 aromatic rings. The predicted molar refractivity (Wildman–Crippen MR) is 59.7 cm³/mol. The summed E-state index contributed by atoms with van der Waals surface area (Å²) >= 11 is 0. The summed E-state index contributed by atoms with van der Waals surface area (Å²) in [6.07, 6.45) is 5.50. The van der Waals surface area contributed by atoms with Crippen LogP contribution in [-0.4, -0.2) is 17.6 Å². The van der Waals surface area contributed by atoms with Gasteiger partial charge < -0.3 is 4.90 Å². The first-order valence-electron chi connectivity index (χ1n) is 5.57. The van der Waals surface area contributed by atoms with Gasteiger partial charge >= 0.3 is 0 Å². The molecule has 0 N–H and O–H groups in total. The number of rotatable bonds is 3. The van der Waals surface area contributed by atoms with Gasteiger partial charge in [0.1, 0.15) is 5.82 Å². The van der Waals surface area contributed by atoms with Crippen molar-refractivity contribution in [3.63, 3.8) is 0 Å². The van der Waals surface area contributed by atoms with Gasteiger partial charge in [0, 0.05) is 18.8 Å². The monoisotopic (exact) mass is 190 g/mol. The molecule has 0 aromatic carbocycles. The lowest BCUT2D eigenvalue weighted by molar-refractivity contribution is 0.567. The van der Waals surface area contributed by atoms with Gasteiger partial charge in [0.05, 0.1) is 0 Å². The van der Waals surface area contributed by atoms with Crippen molar-refractivity contribution in [2.45, 2.75) is 39.2 Å². The smallest absolute Gasteiger partial charge is 0.132 e. The molecule has 1 aliphatic rings. The quantitative estimate of drug-likeness (QED) is 0.728. The van der Waals surface area contributed by atoms with Crippen LogP contribution in [0.4, 0.5) is 5.82 Å². The van der Waals surface area contributed by atoms with Crippen LogP contribution in [0.3, 0.4) is 0 Å². The maximum Gasteiger partial charge on any atom is 0.132 e. The summed E-state index contributed by atoms with van der Waals surface area (Å²) in [6, 6.07) is 4.91. The molecule has 1 aromatic heterocycles. The first-order chi connectivity index (χ1) is 6.86. The van der Waals surface area contributed by atoms with E-state index in [1.807, 2.05) is 12.3 Å². The zero-order chi connectivity index (χ0) is 9.97. The van der Waals surface area contributed by atoms with Crippen LogP contribution in [-0.2, 0) is 6.42 Å². The zero-order valence-corrected chi connectivity index (χ0v) is 9.03. The van der Waals surface area contributed by atoms with Crippen molar-refractivity contribution >= 4 is 5.82 Å². The highest BCUT2D eigenvalue weighted by Crippen LogP contribution is 2.28. The largest absolute Gasteiger partial charge is 0.353 e. The van der Waals surface area contributed by atoms with Crippen LogP contribution in [0.5, 0.6) is 0 Å². The van der Waals surface area contributed by atoms with Gasteiger partial charge in [-0.25, -0.2) is 4.98 Å². The van der Waals surface area contributed by atoms with E-state index in [1.165, 1.54) is 30.6 Å².